The molecule has 0 saturated carbocycles. The first-order valence-corrected chi connectivity index (χ1v) is 5.91. The molecule has 2 aromatic rings. The van der Waals surface area contributed by atoms with Crippen LogP contribution in [-0.2, 0) is 6.42 Å². The number of aliphatic hydroxyl groups is 1. The van der Waals surface area contributed by atoms with Gasteiger partial charge in [0.1, 0.15) is 5.82 Å². The summed E-state index contributed by atoms with van der Waals surface area (Å²) >= 11 is 0. The average Bonchev–Trinajstić information content (AvgIpc) is 2.40. The molecule has 94 valence electrons. The van der Waals surface area contributed by atoms with Crippen LogP contribution in [0, 0.1) is 5.82 Å². The minimum Gasteiger partial charge on any atom is -0.395 e. The minimum atomic E-state index is -0.272. The maximum absolute atomic E-state index is 12.9. The van der Waals surface area contributed by atoms with Gasteiger partial charge in [0.15, 0.2) is 0 Å². The summed E-state index contributed by atoms with van der Waals surface area (Å²) in [6.45, 7) is -0.0439. The summed E-state index contributed by atoms with van der Waals surface area (Å²) in [5.74, 6) is -0.247. The van der Waals surface area contributed by atoms with E-state index in [2.05, 4.69) is 0 Å². The van der Waals surface area contributed by atoms with E-state index >= 15 is 0 Å². The zero-order chi connectivity index (χ0) is 13.0. The van der Waals surface area contributed by atoms with E-state index in [1.165, 1.54) is 12.1 Å². The maximum atomic E-state index is 12.9. The molecule has 3 N–H and O–H groups in total. The van der Waals surface area contributed by atoms with Gasteiger partial charge in [-0.3, -0.25) is 0 Å². The lowest BCUT2D eigenvalue weighted by Gasteiger charge is -2.13. The Morgan fingerprint density at radius 3 is 2.39 bits per heavy atom. The predicted molar refractivity (Wildman–Crippen MR) is 70.6 cm³/mol. The van der Waals surface area contributed by atoms with Gasteiger partial charge in [-0.05, 0) is 35.2 Å². The number of hydrogen-bond donors (Lipinski definition) is 2. The molecule has 0 aliphatic carbocycles. The zero-order valence-corrected chi connectivity index (χ0v) is 10.0. The van der Waals surface area contributed by atoms with Gasteiger partial charge in [0, 0.05) is 6.04 Å². The van der Waals surface area contributed by atoms with Crippen LogP contribution in [0.4, 0.5) is 4.39 Å². The molecule has 1 unspecified atom stereocenters. The summed E-state index contributed by atoms with van der Waals surface area (Å²) in [5.41, 5.74) is 8.81. The molecule has 2 nitrogen and oxygen atoms in total. The fraction of sp³-hybridized carbons (Fsp3) is 0.200. The summed E-state index contributed by atoms with van der Waals surface area (Å²) in [6, 6.07) is 13.9. The Morgan fingerprint density at radius 2 is 1.72 bits per heavy atom. The smallest absolute Gasteiger partial charge is 0.123 e. The van der Waals surface area contributed by atoms with Gasteiger partial charge in [0.05, 0.1) is 6.61 Å². The lowest BCUT2D eigenvalue weighted by atomic mass is 9.95. The summed E-state index contributed by atoms with van der Waals surface area (Å²) in [7, 11) is 0. The molecule has 2 rings (SSSR count). The van der Waals surface area contributed by atoms with Crippen molar-refractivity contribution in [1.29, 1.82) is 0 Å². The van der Waals surface area contributed by atoms with Crippen molar-refractivity contribution in [3.05, 3.63) is 59.9 Å². The number of benzene rings is 2. The van der Waals surface area contributed by atoms with Gasteiger partial charge in [0.2, 0.25) is 0 Å². The van der Waals surface area contributed by atoms with E-state index in [-0.39, 0.29) is 18.5 Å². The Hall–Kier alpha value is -1.71. The number of hydrogen-bond acceptors (Lipinski definition) is 2. The Balaban J connectivity index is 2.35. The first kappa shape index (κ1) is 12.7. The number of rotatable bonds is 4. The molecule has 0 radical (unpaired) electrons. The van der Waals surface area contributed by atoms with Crippen LogP contribution in [0.3, 0.4) is 0 Å². The SMILES string of the molecule is NC(CO)Cc1ccccc1-c1ccc(F)cc1. The molecule has 0 heterocycles. The van der Waals surface area contributed by atoms with Crippen molar-refractivity contribution in [3.8, 4) is 11.1 Å². The van der Waals surface area contributed by atoms with Crippen LogP contribution in [0.15, 0.2) is 48.5 Å². The zero-order valence-electron chi connectivity index (χ0n) is 10.0. The van der Waals surface area contributed by atoms with Gasteiger partial charge < -0.3 is 10.8 Å². The molecule has 0 amide bonds. The first-order chi connectivity index (χ1) is 8.70. The van der Waals surface area contributed by atoms with Crippen LogP contribution in [0.25, 0.3) is 11.1 Å². The van der Waals surface area contributed by atoms with Crippen molar-refractivity contribution in [2.45, 2.75) is 12.5 Å². The van der Waals surface area contributed by atoms with Crippen LogP contribution in [0.5, 0.6) is 0 Å². The average molecular weight is 245 g/mol. The molecule has 18 heavy (non-hydrogen) atoms. The van der Waals surface area contributed by atoms with Crippen LogP contribution in [0.2, 0.25) is 0 Å². The van der Waals surface area contributed by atoms with Crippen molar-refractivity contribution in [2.24, 2.45) is 5.73 Å². The highest BCUT2D eigenvalue weighted by Crippen LogP contribution is 2.24. The highest BCUT2D eigenvalue weighted by molar-refractivity contribution is 5.67. The maximum Gasteiger partial charge on any atom is 0.123 e. The van der Waals surface area contributed by atoms with Crippen molar-refractivity contribution >= 4 is 0 Å². The van der Waals surface area contributed by atoms with E-state index in [0.717, 1.165) is 16.7 Å². The van der Waals surface area contributed by atoms with Crippen molar-refractivity contribution < 1.29 is 9.50 Å². The van der Waals surface area contributed by atoms with Gasteiger partial charge in [-0.2, -0.15) is 0 Å². The van der Waals surface area contributed by atoms with E-state index in [1.54, 1.807) is 12.1 Å². The summed E-state index contributed by atoms with van der Waals surface area (Å²) < 4.78 is 12.9. The molecular weight excluding hydrogens is 229 g/mol. The monoisotopic (exact) mass is 245 g/mol. The van der Waals surface area contributed by atoms with Crippen LogP contribution in [-0.4, -0.2) is 17.8 Å². The molecular formula is C15H16FNO. The van der Waals surface area contributed by atoms with E-state index < -0.39 is 0 Å². The lowest BCUT2D eigenvalue weighted by molar-refractivity contribution is 0.265. The summed E-state index contributed by atoms with van der Waals surface area (Å²) in [5, 5.41) is 9.02. The molecule has 2 aromatic carbocycles. The van der Waals surface area contributed by atoms with Gasteiger partial charge >= 0.3 is 0 Å². The molecule has 0 aliphatic heterocycles. The molecule has 0 bridgehead atoms. The first-order valence-electron chi connectivity index (χ1n) is 5.91. The topological polar surface area (TPSA) is 46.2 Å². The Labute approximate surface area is 106 Å². The van der Waals surface area contributed by atoms with Crippen LogP contribution < -0.4 is 5.73 Å². The van der Waals surface area contributed by atoms with E-state index in [9.17, 15) is 4.39 Å². The summed E-state index contributed by atoms with van der Waals surface area (Å²) in [6.07, 6.45) is 0.601. The fourth-order valence-electron chi connectivity index (χ4n) is 1.96. The van der Waals surface area contributed by atoms with Gasteiger partial charge in [0.25, 0.3) is 0 Å². The Kier molecular flexibility index (Phi) is 4.07. The second kappa shape index (κ2) is 5.76. The molecule has 0 spiro atoms. The molecule has 0 fully saturated rings. The van der Waals surface area contributed by atoms with E-state index in [1.807, 2.05) is 24.3 Å². The van der Waals surface area contributed by atoms with Crippen molar-refractivity contribution in [2.75, 3.05) is 6.61 Å². The van der Waals surface area contributed by atoms with Crippen LogP contribution in [0.1, 0.15) is 5.56 Å². The van der Waals surface area contributed by atoms with E-state index in [0.29, 0.717) is 6.42 Å². The number of aliphatic hydroxyl groups excluding tert-OH is 1. The number of halogens is 1. The minimum absolute atomic E-state index is 0.0439. The third-order valence-electron chi connectivity index (χ3n) is 2.89. The van der Waals surface area contributed by atoms with E-state index in [4.69, 9.17) is 10.8 Å². The highest BCUT2D eigenvalue weighted by Gasteiger charge is 2.08. The van der Waals surface area contributed by atoms with Gasteiger partial charge in [-0.1, -0.05) is 36.4 Å². The third-order valence-corrected chi connectivity index (χ3v) is 2.89. The molecule has 0 saturated heterocycles. The normalized spacial score (nSPS) is 12.4. The molecule has 3 heteroatoms. The van der Waals surface area contributed by atoms with Crippen molar-refractivity contribution in [1.82, 2.24) is 0 Å². The van der Waals surface area contributed by atoms with Crippen LogP contribution >= 0.6 is 0 Å². The predicted octanol–water partition coefficient (Wildman–Crippen LogP) is 2.35. The highest BCUT2D eigenvalue weighted by atomic mass is 19.1. The van der Waals surface area contributed by atoms with Crippen molar-refractivity contribution in [3.63, 3.8) is 0 Å². The standard InChI is InChI=1S/C15H16FNO/c16-13-7-5-11(6-8-13)15-4-2-1-3-12(15)9-14(17)10-18/h1-8,14,18H,9-10,17H2. The molecule has 1 atom stereocenters. The Bertz CT molecular complexity index is 510. The summed E-state index contributed by atoms with van der Waals surface area (Å²) in [4.78, 5) is 0. The van der Waals surface area contributed by atoms with Gasteiger partial charge in [-0.15, -0.1) is 0 Å². The number of nitrogens with two attached hydrogens (primary N) is 1. The fourth-order valence-corrected chi connectivity index (χ4v) is 1.96. The molecule has 0 aliphatic rings. The second-order valence-corrected chi connectivity index (χ2v) is 4.31. The second-order valence-electron chi connectivity index (χ2n) is 4.31. The molecule has 0 aromatic heterocycles. The largest absolute Gasteiger partial charge is 0.395 e. The lowest BCUT2D eigenvalue weighted by Crippen LogP contribution is -2.27. The third kappa shape index (κ3) is 2.94. The Morgan fingerprint density at radius 1 is 1.06 bits per heavy atom. The van der Waals surface area contributed by atoms with Gasteiger partial charge in [-0.25, -0.2) is 4.39 Å². The quantitative estimate of drug-likeness (QED) is 0.868.